The molecule has 2 aromatic carbocycles. The van der Waals surface area contributed by atoms with E-state index in [1.54, 1.807) is 44.3 Å². The zero-order chi connectivity index (χ0) is 100. The molecule has 0 saturated carbocycles. The van der Waals surface area contributed by atoms with E-state index >= 15 is 0 Å². The van der Waals surface area contributed by atoms with Crippen molar-refractivity contribution >= 4 is 94.0 Å². The Morgan fingerprint density at radius 1 is 0.380 bits per heavy atom. The smallest absolute Gasteiger partial charge is 0.335 e. The number of benzene rings is 2. The van der Waals surface area contributed by atoms with Crippen LogP contribution in [0.15, 0.2) is 61.1 Å². The second-order valence-corrected chi connectivity index (χ2v) is 34.6. The molecule has 39 heteroatoms. The Kier molecular flexibility index (Phi) is 67.7. The normalized spacial score (nSPS) is 12.5. The Hall–Kier alpha value is -10.2. The van der Waals surface area contributed by atoms with Crippen LogP contribution in [0.3, 0.4) is 0 Å². The van der Waals surface area contributed by atoms with Gasteiger partial charge in [0, 0.05) is 127 Å². The zero-order valence-corrected chi connectivity index (χ0v) is 80.3. The van der Waals surface area contributed by atoms with E-state index in [2.05, 4.69) is 36.6 Å². The summed E-state index contributed by atoms with van der Waals surface area (Å²) in [6.45, 7) is 5.68. The van der Waals surface area contributed by atoms with E-state index in [1.165, 1.54) is 30.6 Å². The first kappa shape index (κ1) is 121. The van der Waals surface area contributed by atoms with E-state index in [0.717, 1.165) is 83.5 Å². The molecule has 0 fully saturated rings. The summed E-state index contributed by atoms with van der Waals surface area (Å²) in [7, 11) is 0. The van der Waals surface area contributed by atoms with Crippen LogP contribution in [0.4, 0.5) is 0 Å². The number of unbranched alkanes of at least 4 members (excludes halogenated alkanes) is 14. The van der Waals surface area contributed by atoms with Crippen LogP contribution in [0, 0.1) is 23.2 Å². The van der Waals surface area contributed by atoms with Crippen molar-refractivity contribution in [3.63, 3.8) is 0 Å². The maximum atomic E-state index is 14.0. The van der Waals surface area contributed by atoms with Gasteiger partial charge < -0.3 is 110 Å². The van der Waals surface area contributed by atoms with Crippen LogP contribution < -0.4 is 41.8 Å². The van der Waals surface area contributed by atoms with E-state index in [-0.39, 0.29) is 286 Å². The number of hydrogen-bond donors (Lipinski definition) is 12. The summed E-state index contributed by atoms with van der Waals surface area (Å²) in [6.07, 6.45) is 19.4. The van der Waals surface area contributed by atoms with Crippen LogP contribution in [0.2, 0.25) is 0 Å². The minimum absolute atomic E-state index is 0.00398. The van der Waals surface area contributed by atoms with Crippen molar-refractivity contribution in [2.24, 2.45) is 28.9 Å². The van der Waals surface area contributed by atoms with Gasteiger partial charge in [-0.2, -0.15) is 0 Å². The first-order valence-electron chi connectivity index (χ1n) is 48.3. The number of ketones is 7. The van der Waals surface area contributed by atoms with Gasteiger partial charge >= 0.3 is 29.8 Å². The van der Waals surface area contributed by atoms with Gasteiger partial charge in [-0.1, -0.05) is 96.6 Å². The summed E-state index contributed by atoms with van der Waals surface area (Å²) >= 11 is 0. The molecule has 0 aliphatic carbocycles. The van der Waals surface area contributed by atoms with Crippen LogP contribution in [0.1, 0.15) is 265 Å². The highest BCUT2D eigenvalue weighted by atomic mass is 16.5. The third-order valence-corrected chi connectivity index (χ3v) is 22.4. The van der Waals surface area contributed by atoms with Crippen molar-refractivity contribution in [2.75, 3.05) is 152 Å². The Balaban J connectivity index is 1.19. The van der Waals surface area contributed by atoms with Crippen LogP contribution >= 0.6 is 0 Å². The maximum absolute atomic E-state index is 14.0. The number of Topliss-reactive ketones (excluding diaryl/α,β-unsaturated/α-hetero) is 7. The molecule has 0 radical (unpaired) electrons. The minimum atomic E-state index is -1.20. The van der Waals surface area contributed by atoms with Gasteiger partial charge in [0.05, 0.1) is 133 Å². The number of aromatic amines is 1. The van der Waals surface area contributed by atoms with Crippen molar-refractivity contribution in [1.29, 1.82) is 0 Å². The molecule has 1 aromatic heterocycles. The number of aromatic nitrogens is 2. The molecule has 137 heavy (non-hydrogen) atoms. The molecule has 39 nitrogen and oxygen atoms in total. The first-order chi connectivity index (χ1) is 65.9. The molecule has 770 valence electrons. The largest absolute Gasteiger partial charge is 0.494 e. The molecule has 0 saturated heterocycles. The number of aliphatic carboxylic acids is 3. The lowest BCUT2D eigenvalue weighted by Crippen LogP contribution is -2.45. The van der Waals surface area contributed by atoms with Crippen molar-refractivity contribution in [1.82, 2.24) is 36.6 Å². The van der Waals surface area contributed by atoms with Crippen molar-refractivity contribution < 1.29 is 150 Å². The number of rotatable bonds is 94. The molecule has 3 aromatic rings. The van der Waals surface area contributed by atoms with E-state index in [1.807, 2.05) is 0 Å². The lowest BCUT2D eigenvalue weighted by Gasteiger charge is -2.26. The number of H-pyrrole nitrogens is 1. The zero-order valence-electron chi connectivity index (χ0n) is 80.3. The van der Waals surface area contributed by atoms with Crippen LogP contribution in [-0.4, -0.2) is 293 Å². The van der Waals surface area contributed by atoms with Gasteiger partial charge in [-0.25, -0.2) is 14.6 Å². The molecule has 3 rings (SSSR count). The monoisotopic (exact) mass is 1940 g/mol. The quantitative estimate of drug-likeness (QED) is 0.0234. The third kappa shape index (κ3) is 63.8. The summed E-state index contributed by atoms with van der Waals surface area (Å²) < 4.78 is 54.9. The predicted molar refractivity (Wildman–Crippen MR) is 502 cm³/mol. The predicted octanol–water partition coefficient (Wildman–Crippen LogP) is 9.16. The molecule has 4 amide bonds. The second kappa shape index (κ2) is 76.7. The summed E-state index contributed by atoms with van der Waals surface area (Å²) in [4.78, 5) is 206. The average molecular weight is 1940 g/mol. The van der Waals surface area contributed by atoms with Gasteiger partial charge in [0.25, 0.3) is 0 Å². The van der Waals surface area contributed by atoms with Gasteiger partial charge in [-0.15, -0.1) is 0 Å². The summed E-state index contributed by atoms with van der Waals surface area (Å²) in [5, 5.41) is 61.7. The molecule has 5 atom stereocenters. The topological polar surface area (TPSA) is 581 Å². The van der Waals surface area contributed by atoms with Gasteiger partial charge in [0.1, 0.15) is 55.3 Å². The second-order valence-electron chi connectivity index (χ2n) is 34.6. The number of carbonyl (C=O) groups excluding carboxylic acids is 11. The standard InChI is InChI=1S/C98H152N8O31/c1-98(2,64-87(112)84(99)63-77-65-100-71-106-77)88(113)66-105-85(34-16-18-42-102-91(116)68-133-56-52-129-46-24-31-81(110)67-132-55-53-130-49-43-103-89(114)40-37-72(93(118)119)35-38-78(107)28-13-9-5-3-7-11-19-47-136-82-32-21-26-73(60-82)94(120)121)86(111)62-75(96(124)125)25-15-17-41-101-90(115)69-135-58-54-131-50-44-104-92(117)70-134-57-51-128-45-23-30-79(108)39-36-76(97(126)127)59-80(109)29-14-10-6-4-8-12-20-48-137-83-33-22-27-74(61-83)95(122)123/h21-22,26-27,32-33,60-61,65,71-72,75-76,84-85,105H,3-20,23-25,28-31,34-59,62-64,66-70,99H2,1-2H3,(H,100,106)(H,101,115)(H,102,116)(H,103,114)(H,104,117)(H,118,119)(H,120,121)(H,122,123)(H,124,125)(H,126,127)/t72-,75+,76+,84-,85-/m0/s1. The lowest BCUT2D eigenvalue weighted by atomic mass is 9.81. The molecule has 0 aliphatic heterocycles. The SMILES string of the molecule is CC(C)(CC(=O)[C@@H](N)Cc1cnc[nH]1)C(=O)CN[C@@H](CCCCNC(=O)COCCOCCCC(=O)COCCOCCNC(=O)CC[C@H](CCC(=O)CCCCCCCCCOc1cccc(C(=O)O)c1)C(=O)O)C(=O)C[C@@H](CCCCNC(=O)COCCOCCNC(=O)COCCOCCCC(=O)CC[C@H](CC(=O)CCCCCCCCCOc1cccc(C(=O)O)c1)C(=O)O)C(=O)O. The number of imidazole rings is 1. The van der Waals surface area contributed by atoms with Crippen LogP contribution in [0.25, 0.3) is 0 Å². The van der Waals surface area contributed by atoms with Crippen LogP contribution in [0.5, 0.6) is 11.5 Å². The summed E-state index contributed by atoms with van der Waals surface area (Å²) in [6, 6.07) is 10.9. The van der Waals surface area contributed by atoms with Gasteiger partial charge in [-0.05, 0) is 126 Å². The molecule has 0 unspecified atom stereocenters. The number of nitrogens with two attached hydrogens (primary N) is 1. The highest BCUT2D eigenvalue weighted by Gasteiger charge is 2.34. The minimum Gasteiger partial charge on any atom is -0.494 e. The maximum Gasteiger partial charge on any atom is 0.335 e. The Morgan fingerprint density at radius 2 is 0.788 bits per heavy atom. The average Bonchev–Trinajstić information content (AvgIpc) is 1.44. The first-order valence-corrected chi connectivity index (χ1v) is 48.3. The van der Waals surface area contributed by atoms with Crippen molar-refractivity contribution in [3.8, 4) is 11.5 Å². The molecule has 0 spiro atoms. The Bertz CT molecular complexity index is 4020. The number of aromatic carboxylic acids is 2. The summed E-state index contributed by atoms with van der Waals surface area (Å²) in [5.74, 6) is -10.3. The number of nitrogens with one attached hydrogen (secondary N) is 6. The molecule has 0 aliphatic rings. The number of carbonyl (C=O) groups is 16. The van der Waals surface area contributed by atoms with E-state index in [9.17, 15) is 92.0 Å². The highest BCUT2D eigenvalue weighted by Crippen LogP contribution is 2.26. The third-order valence-electron chi connectivity index (χ3n) is 22.4. The Labute approximate surface area is 803 Å². The van der Waals surface area contributed by atoms with E-state index in [0.29, 0.717) is 88.2 Å². The molecular formula is C98H152N8O31. The number of carboxylic acids is 5. The molecule has 0 bridgehead atoms. The van der Waals surface area contributed by atoms with Gasteiger partial charge in [0.2, 0.25) is 23.6 Å². The number of hydrogen-bond acceptors (Lipinski definition) is 29. The number of ether oxygens (including phenoxy) is 10. The fraction of sp³-hybridized carbons (Fsp3) is 0.684. The Morgan fingerprint density at radius 3 is 1.27 bits per heavy atom. The van der Waals surface area contributed by atoms with Crippen molar-refractivity contribution in [3.05, 3.63) is 77.9 Å². The van der Waals surface area contributed by atoms with E-state index in [4.69, 9.17) is 63.3 Å². The van der Waals surface area contributed by atoms with E-state index < -0.39 is 82.7 Å². The van der Waals surface area contributed by atoms with Crippen molar-refractivity contribution in [2.45, 2.75) is 257 Å². The number of carboxylic acid groups (broad SMARTS) is 5. The van der Waals surface area contributed by atoms with Gasteiger partial charge in [-0.3, -0.25) is 67.1 Å². The number of amides is 4. The molecule has 1 heterocycles. The highest BCUT2D eigenvalue weighted by molar-refractivity contribution is 5.95. The summed E-state index contributed by atoms with van der Waals surface area (Å²) in [5.41, 5.74) is 6.01. The molecular weight excluding hydrogens is 1790 g/mol. The number of nitrogens with zero attached hydrogens (tertiary/aromatic N) is 1. The van der Waals surface area contributed by atoms with Crippen LogP contribution in [-0.2, 0) is 111 Å². The lowest BCUT2D eigenvalue weighted by molar-refractivity contribution is -0.144. The van der Waals surface area contributed by atoms with Gasteiger partial charge in [0.15, 0.2) is 23.1 Å². The molecule has 13 N–H and O–H groups in total. The fourth-order valence-corrected chi connectivity index (χ4v) is 14.3. The fourth-order valence-electron chi connectivity index (χ4n) is 14.3.